The molecule has 0 saturated heterocycles. The second-order valence-electron chi connectivity index (χ2n) is 3.49. The molecule has 2 N–H and O–H groups in total. The van der Waals surface area contributed by atoms with E-state index >= 15 is 0 Å². The van der Waals surface area contributed by atoms with Gasteiger partial charge in [-0.05, 0) is 41.1 Å². The van der Waals surface area contributed by atoms with Gasteiger partial charge in [0.05, 0.1) is 4.47 Å². The molecule has 1 aromatic carbocycles. The summed E-state index contributed by atoms with van der Waals surface area (Å²) in [4.78, 5) is 21.9. The Kier molecular flexibility index (Phi) is 5.43. The third-order valence-corrected chi connectivity index (χ3v) is 2.86. The number of nitrogens with one attached hydrogen (secondary N) is 1. The van der Waals surface area contributed by atoms with E-state index in [-0.39, 0.29) is 6.61 Å². The Labute approximate surface area is 117 Å². The van der Waals surface area contributed by atoms with Crippen LogP contribution in [0.15, 0.2) is 22.7 Å². The van der Waals surface area contributed by atoms with Gasteiger partial charge in [0, 0.05) is 5.02 Å². The van der Waals surface area contributed by atoms with E-state index in [1.54, 1.807) is 18.2 Å². The zero-order valence-electron chi connectivity index (χ0n) is 9.44. The Balaban J connectivity index is 2.50. The van der Waals surface area contributed by atoms with Gasteiger partial charge in [0.1, 0.15) is 11.8 Å². The number of halogens is 2. The molecule has 0 spiro atoms. The molecule has 0 fully saturated rings. The molecule has 0 bridgehead atoms. The minimum Gasteiger partial charge on any atom is -0.483 e. The molecule has 0 aromatic heterocycles. The summed E-state index contributed by atoms with van der Waals surface area (Å²) < 4.78 is 5.84. The lowest BCUT2D eigenvalue weighted by molar-refractivity contribution is -0.141. The normalized spacial score (nSPS) is 11.7. The van der Waals surface area contributed by atoms with Gasteiger partial charge >= 0.3 is 5.97 Å². The van der Waals surface area contributed by atoms with Crippen LogP contribution in [0, 0.1) is 0 Å². The highest BCUT2D eigenvalue weighted by atomic mass is 79.9. The molecule has 1 amide bonds. The summed E-state index contributed by atoms with van der Waals surface area (Å²) in [6.45, 7) is 1.11. The predicted molar refractivity (Wildman–Crippen MR) is 69.9 cm³/mol. The van der Waals surface area contributed by atoms with Crippen LogP contribution in [0.2, 0.25) is 5.02 Å². The van der Waals surface area contributed by atoms with Gasteiger partial charge in [-0.25, -0.2) is 0 Å². The average molecular weight is 337 g/mol. The van der Waals surface area contributed by atoms with Crippen LogP contribution in [0.5, 0.6) is 5.75 Å². The fourth-order valence-corrected chi connectivity index (χ4v) is 1.88. The zero-order chi connectivity index (χ0) is 13.7. The standard InChI is InChI=1S/C11H11BrClNO4/c1-6(11(16)17)14-10(15)5-18-9-3-2-7(13)4-8(9)12/h2-4,6H,5H2,1H3,(H,14,15)(H,16,17)/t6-/m0/s1. The maximum Gasteiger partial charge on any atom is 0.325 e. The van der Waals surface area contributed by atoms with Gasteiger partial charge in [0.15, 0.2) is 6.61 Å². The predicted octanol–water partition coefficient (Wildman–Crippen LogP) is 2.07. The molecule has 5 nitrogen and oxygen atoms in total. The summed E-state index contributed by atoms with van der Waals surface area (Å²) >= 11 is 8.99. The van der Waals surface area contributed by atoms with Crippen molar-refractivity contribution in [3.8, 4) is 5.75 Å². The summed E-state index contributed by atoms with van der Waals surface area (Å²) in [6.07, 6.45) is 0. The summed E-state index contributed by atoms with van der Waals surface area (Å²) in [6, 6.07) is 3.92. The van der Waals surface area contributed by atoms with Crippen LogP contribution in [-0.4, -0.2) is 29.6 Å². The van der Waals surface area contributed by atoms with Crippen molar-refractivity contribution in [3.05, 3.63) is 27.7 Å². The molecular formula is C11H11BrClNO4. The Bertz CT molecular complexity index is 466. The average Bonchev–Trinajstić information content (AvgIpc) is 2.27. The van der Waals surface area contributed by atoms with E-state index < -0.39 is 17.9 Å². The number of carbonyl (C=O) groups is 2. The second kappa shape index (κ2) is 6.61. The lowest BCUT2D eigenvalue weighted by atomic mass is 10.3. The molecule has 0 aliphatic heterocycles. The molecule has 1 rings (SSSR count). The molecule has 1 aromatic rings. The number of hydrogen-bond donors (Lipinski definition) is 2. The number of carbonyl (C=O) groups excluding carboxylic acids is 1. The number of rotatable bonds is 5. The van der Waals surface area contributed by atoms with Crippen LogP contribution in [-0.2, 0) is 9.59 Å². The summed E-state index contributed by atoms with van der Waals surface area (Å²) in [5.41, 5.74) is 0. The Morgan fingerprint density at radius 2 is 2.22 bits per heavy atom. The van der Waals surface area contributed by atoms with Gasteiger partial charge in [0.2, 0.25) is 0 Å². The SMILES string of the molecule is C[C@H](NC(=O)COc1ccc(Cl)cc1Br)C(=O)O. The molecule has 7 heteroatoms. The third-order valence-electron chi connectivity index (χ3n) is 2.00. The monoisotopic (exact) mass is 335 g/mol. The van der Waals surface area contributed by atoms with Gasteiger partial charge in [-0.2, -0.15) is 0 Å². The lowest BCUT2D eigenvalue weighted by Crippen LogP contribution is -2.40. The van der Waals surface area contributed by atoms with Gasteiger partial charge in [-0.15, -0.1) is 0 Å². The molecule has 0 saturated carbocycles. The molecule has 0 radical (unpaired) electrons. The highest BCUT2D eigenvalue weighted by molar-refractivity contribution is 9.10. The van der Waals surface area contributed by atoms with Crippen molar-refractivity contribution in [1.29, 1.82) is 0 Å². The number of hydrogen-bond acceptors (Lipinski definition) is 3. The minimum atomic E-state index is -1.10. The molecule has 18 heavy (non-hydrogen) atoms. The molecule has 0 aliphatic carbocycles. The summed E-state index contributed by atoms with van der Waals surface area (Å²) in [5.74, 6) is -1.15. The largest absolute Gasteiger partial charge is 0.483 e. The fraction of sp³-hybridized carbons (Fsp3) is 0.273. The Morgan fingerprint density at radius 3 is 2.78 bits per heavy atom. The van der Waals surface area contributed by atoms with Gasteiger partial charge in [-0.3, -0.25) is 9.59 Å². The summed E-state index contributed by atoms with van der Waals surface area (Å²) in [7, 11) is 0. The smallest absolute Gasteiger partial charge is 0.325 e. The molecule has 0 unspecified atom stereocenters. The van der Waals surface area contributed by atoms with E-state index in [9.17, 15) is 9.59 Å². The van der Waals surface area contributed by atoms with Crippen molar-refractivity contribution < 1.29 is 19.4 Å². The van der Waals surface area contributed by atoms with Gasteiger partial charge in [0.25, 0.3) is 5.91 Å². The number of amides is 1. The van der Waals surface area contributed by atoms with Crippen LogP contribution in [0.1, 0.15) is 6.92 Å². The van der Waals surface area contributed by atoms with E-state index in [4.69, 9.17) is 21.4 Å². The lowest BCUT2D eigenvalue weighted by Gasteiger charge is -2.11. The Morgan fingerprint density at radius 1 is 1.56 bits per heavy atom. The number of carboxylic acid groups (broad SMARTS) is 1. The first-order valence-corrected chi connectivity index (χ1v) is 6.17. The van der Waals surface area contributed by atoms with Crippen molar-refractivity contribution in [2.24, 2.45) is 0 Å². The minimum absolute atomic E-state index is 0.266. The number of aliphatic carboxylic acids is 1. The van der Waals surface area contributed by atoms with Gasteiger partial charge in [-0.1, -0.05) is 11.6 Å². The van der Waals surface area contributed by atoms with E-state index in [1.165, 1.54) is 6.92 Å². The molecule has 98 valence electrons. The maximum absolute atomic E-state index is 11.4. The highest BCUT2D eigenvalue weighted by Gasteiger charge is 2.14. The quantitative estimate of drug-likeness (QED) is 0.863. The first-order valence-electron chi connectivity index (χ1n) is 5.00. The van der Waals surface area contributed by atoms with E-state index in [0.29, 0.717) is 15.2 Å². The molecule has 0 aliphatic rings. The first-order chi connectivity index (χ1) is 8.40. The number of carboxylic acids is 1. The van der Waals surface area contributed by atoms with Crippen LogP contribution in [0.25, 0.3) is 0 Å². The fourth-order valence-electron chi connectivity index (χ4n) is 1.08. The molecule has 1 atom stereocenters. The van der Waals surface area contributed by atoms with Crippen LogP contribution in [0.3, 0.4) is 0 Å². The van der Waals surface area contributed by atoms with Crippen molar-refractivity contribution in [1.82, 2.24) is 5.32 Å². The van der Waals surface area contributed by atoms with Crippen molar-refractivity contribution in [2.45, 2.75) is 13.0 Å². The summed E-state index contributed by atoms with van der Waals surface area (Å²) in [5, 5.41) is 11.4. The van der Waals surface area contributed by atoms with Gasteiger partial charge < -0.3 is 15.2 Å². The van der Waals surface area contributed by atoms with E-state index in [0.717, 1.165) is 0 Å². The first kappa shape index (κ1) is 14.8. The maximum atomic E-state index is 11.4. The van der Waals surface area contributed by atoms with Crippen molar-refractivity contribution in [2.75, 3.05) is 6.61 Å². The zero-order valence-corrected chi connectivity index (χ0v) is 11.8. The molecular weight excluding hydrogens is 325 g/mol. The number of ether oxygens (including phenoxy) is 1. The second-order valence-corrected chi connectivity index (χ2v) is 4.78. The molecule has 0 heterocycles. The third kappa shape index (κ3) is 4.54. The van der Waals surface area contributed by atoms with Crippen molar-refractivity contribution in [3.63, 3.8) is 0 Å². The topological polar surface area (TPSA) is 75.6 Å². The van der Waals surface area contributed by atoms with Crippen LogP contribution in [0.4, 0.5) is 0 Å². The van der Waals surface area contributed by atoms with Crippen LogP contribution < -0.4 is 10.1 Å². The van der Waals surface area contributed by atoms with Crippen molar-refractivity contribution >= 4 is 39.4 Å². The highest BCUT2D eigenvalue weighted by Crippen LogP contribution is 2.27. The van der Waals surface area contributed by atoms with Crippen LogP contribution >= 0.6 is 27.5 Å². The number of benzene rings is 1. The van der Waals surface area contributed by atoms with E-state index in [1.807, 2.05) is 0 Å². The Hall–Kier alpha value is -1.27. The van der Waals surface area contributed by atoms with E-state index in [2.05, 4.69) is 21.2 Å².